The van der Waals surface area contributed by atoms with Crippen LogP contribution < -0.4 is 26.6 Å². The van der Waals surface area contributed by atoms with Crippen LogP contribution in [0.4, 0.5) is 4.79 Å². The maximum atomic E-state index is 14.1. The molecule has 14 heteroatoms. The minimum absolute atomic E-state index is 0.0564. The molecule has 320 valence electrons. The van der Waals surface area contributed by atoms with Crippen LogP contribution in [-0.2, 0) is 16.1 Å². The molecule has 0 spiro atoms. The number of urea groups is 1. The lowest BCUT2D eigenvalue weighted by molar-refractivity contribution is -0.140. The van der Waals surface area contributed by atoms with E-state index in [1.807, 2.05) is 69.8 Å². The van der Waals surface area contributed by atoms with Gasteiger partial charge in [-0.3, -0.25) is 19.4 Å². The van der Waals surface area contributed by atoms with Crippen molar-refractivity contribution in [2.24, 2.45) is 23.7 Å². The van der Waals surface area contributed by atoms with E-state index in [2.05, 4.69) is 31.6 Å². The van der Waals surface area contributed by atoms with Gasteiger partial charge in [0.05, 0.1) is 47.9 Å². The predicted molar refractivity (Wildman–Crippen MR) is 231 cm³/mol. The monoisotopic (exact) mass is 838 g/mol. The van der Waals surface area contributed by atoms with Crippen molar-refractivity contribution in [1.82, 2.24) is 31.6 Å². The smallest absolute Gasteiger partial charge is 0.315 e. The molecule has 1 aromatic carbocycles. The summed E-state index contributed by atoms with van der Waals surface area (Å²) in [6.07, 6.45) is 9.31. The number of unbranched alkanes of at least 4 members (excludes halogenated alkanes) is 2. The van der Waals surface area contributed by atoms with Gasteiger partial charge in [0, 0.05) is 22.1 Å². The molecular weight excluding hydrogens is 773 g/mol. The van der Waals surface area contributed by atoms with Gasteiger partial charge in [-0.1, -0.05) is 97.3 Å². The lowest BCUT2D eigenvalue weighted by atomic mass is 9.79. The minimum Gasteiger partial charge on any atom is -0.390 e. The van der Waals surface area contributed by atoms with E-state index in [0.717, 1.165) is 74.2 Å². The average molecular weight is 839 g/mol. The second kappa shape index (κ2) is 22.9. The summed E-state index contributed by atoms with van der Waals surface area (Å²) in [4.78, 5) is 58.4. The fourth-order valence-electron chi connectivity index (χ4n) is 8.59. The van der Waals surface area contributed by atoms with Gasteiger partial charge in [-0.25, -0.2) is 4.79 Å². The predicted octanol–water partition coefficient (Wildman–Crippen LogP) is 5.81. The Labute approximate surface area is 353 Å². The van der Waals surface area contributed by atoms with E-state index in [9.17, 15) is 29.4 Å². The van der Waals surface area contributed by atoms with Crippen LogP contribution in [0.25, 0.3) is 0 Å². The highest BCUT2D eigenvalue weighted by molar-refractivity contribution is 8.00. The number of pyridine rings is 1. The molecule has 3 heterocycles. The zero-order valence-corrected chi connectivity index (χ0v) is 36.3. The topological polar surface area (TPSA) is 182 Å². The van der Waals surface area contributed by atoms with Crippen LogP contribution in [0.15, 0.2) is 53.6 Å². The number of thioether (sulfide) groups is 2. The number of benzene rings is 1. The van der Waals surface area contributed by atoms with Crippen molar-refractivity contribution < 1.29 is 29.4 Å². The van der Waals surface area contributed by atoms with Gasteiger partial charge in [0.25, 0.3) is 5.91 Å². The largest absolute Gasteiger partial charge is 0.390 e. The van der Waals surface area contributed by atoms with Gasteiger partial charge >= 0.3 is 6.03 Å². The second-order valence-electron chi connectivity index (χ2n) is 16.8. The number of carbonyl (C=O) groups excluding carboxylic acids is 4. The molecular formula is C44H66N6O6S2. The number of nitrogens with zero attached hydrogens (tertiary/aromatic N) is 1. The van der Waals surface area contributed by atoms with Crippen LogP contribution in [0, 0.1) is 23.7 Å². The number of nitrogens with one attached hydrogen (secondary N) is 5. The molecule has 2 aliphatic heterocycles. The summed E-state index contributed by atoms with van der Waals surface area (Å²) in [6.45, 7) is 7.69. The first kappa shape index (κ1) is 45.7. The van der Waals surface area contributed by atoms with E-state index in [-0.39, 0.29) is 54.2 Å². The van der Waals surface area contributed by atoms with Crippen molar-refractivity contribution in [2.75, 3.05) is 11.5 Å². The van der Waals surface area contributed by atoms with Crippen LogP contribution in [0.2, 0.25) is 0 Å². The first-order valence-corrected chi connectivity index (χ1v) is 23.6. The van der Waals surface area contributed by atoms with Gasteiger partial charge in [-0.05, 0) is 67.0 Å². The third kappa shape index (κ3) is 12.8. The molecule has 3 aliphatic rings. The summed E-state index contributed by atoms with van der Waals surface area (Å²) < 4.78 is 0. The van der Waals surface area contributed by atoms with Crippen molar-refractivity contribution in [2.45, 2.75) is 151 Å². The molecule has 5 rings (SSSR count). The number of carbonyl (C=O) groups is 4. The summed E-state index contributed by atoms with van der Waals surface area (Å²) in [5, 5.41) is 39.3. The van der Waals surface area contributed by atoms with Crippen LogP contribution in [-0.4, -0.2) is 92.1 Å². The summed E-state index contributed by atoms with van der Waals surface area (Å²) in [7, 11) is 0. The molecule has 2 aromatic rings. The van der Waals surface area contributed by atoms with Crippen molar-refractivity contribution in [3.05, 3.63) is 59.9 Å². The van der Waals surface area contributed by atoms with Crippen molar-refractivity contribution in [3.8, 4) is 0 Å². The molecule has 1 aliphatic carbocycles. The van der Waals surface area contributed by atoms with E-state index in [1.165, 1.54) is 0 Å². The van der Waals surface area contributed by atoms with Gasteiger partial charge in [0.2, 0.25) is 11.8 Å². The van der Waals surface area contributed by atoms with Gasteiger partial charge in [0.15, 0.2) is 0 Å². The highest BCUT2D eigenvalue weighted by Gasteiger charge is 2.43. The molecule has 1 aromatic heterocycles. The van der Waals surface area contributed by atoms with Crippen molar-refractivity contribution >= 4 is 47.3 Å². The number of aromatic nitrogens is 1. The average Bonchev–Trinajstić information content (AvgIpc) is 3.79. The number of hydrogen-bond acceptors (Lipinski definition) is 9. The van der Waals surface area contributed by atoms with E-state index in [1.54, 1.807) is 30.1 Å². The van der Waals surface area contributed by atoms with E-state index >= 15 is 0 Å². The Balaban J connectivity index is 1.21. The maximum absolute atomic E-state index is 14.1. The number of hydrogen-bond donors (Lipinski definition) is 7. The Kier molecular flexibility index (Phi) is 18.0. The molecule has 5 amide bonds. The zero-order chi connectivity index (χ0) is 41.6. The standard InChI is InChI=1S/C44H66N6O6S2/c1-5-28(4)37(43(55)46-25-30-18-13-14-22-45-30)49-42(54)36(27(2)3)40(52)39(51)32(24-29-16-8-6-9-17-29)47-41(53)31-19-11-12-20-34(31)57-23-15-7-10-21-35-38-33(26-58-35)48-44(56)50-38/h11-14,18-20,22,27-29,32-33,35-40,51-52H,5-10,15-17,21,23-26H2,1-4H3,(H,46,55)(H,47,53)(H,49,54)(H2,48,50,56)/t28?,32-,33-,35-,36+,37-,38?,39+,40+/m0/s1. The van der Waals surface area contributed by atoms with Crippen molar-refractivity contribution in [1.29, 1.82) is 0 Å². The van der Waals surface area contributed by atoms with Crippen molar-refractivity contribution in [3.63, 3.8) is 0 Å². The number of aliphatic hydroxyl groups excluding tert-OH is 2. The maximum Gasteiger partial charge on any atom is 0.315 e. The molecule has 3 fully saturated rings. The fourth-order valence-corrected chi connectivity index (χ4v) is 11.2. The molecule has 58 heavy (non-hydrogen) atoms. The zero-order valence-electron chi connectivity index (χ0n) is 34.7. The van der Waals surface area contributed by atoms with E-state index in [4.69, 9.17) is 0 Å². The molecule has 12 nitrogen and oxygen atoms in total. The third-order valence-corrected chi connectivity index (χ3v) is 14.9. The van der Waals surface area contributed by atoms with Crippen LogP contribution in [0.1, 0.15) is 114 Å². The van der Waals surface area contributed by atoms with Crippen LogP contribution in [0.3, 0.4) is 0 Å². The third-order valence-electron chi connectivity index (χ3n) is 12.2. The van der Waals surface area contributed by atoms with Gasteiger partial charge in [-0.2, -0.15) is 11.8 Å². The lowest BCUT2D eigenvalue weighted by Gasteiger charge is -2.36. The Hall–Kier alpha value is -3.33. The SMILES string of the molecule is CCC(C)[C@H](NC(=O)[C@H](C(C)C)[C@@H](O)[C@H](O)[C@H](CC1CCCCC1)NC(=O)c1ccccc1SCCCCC[C@@H]1SC[C@@H]2NC(=O)NC21)C(=O)NCc1ccccn1. The van der Waals surface area contributed by atoms with E-state index < -0.39 is 36.1 Å². The highest BCUT2D eigenvalue weighted by atomic mass is 32.2. The van der Waals surface area contributed by atoms with E-state index in [0.29, 0.717) is 29.3 Å². The summed E-state index contributed by atoms with van der Waals surface area (Å²) >= 11 is 3.58. The summed E-state index contributed by atoms with van der Waals surface area (Å²) in [5.74, 6) is -0.715. The molecule has 9 atom stereocenters. The van der Waals surface area contributed by atoms with Gasteiger partial charge < -0.3 is 36.8 Å². The number of fused-ring (bicyclic) bond motifs is 1. The molecule has 2 saturated heterocycles. The first-order chi connectivity index (χ1) is 28.0. The Morgan fingerprint density at radius 1 is 0.931 bits per heavy atom. The minimum atomic E-state index is -1.50. The number of rotatable bonds is 22. The van der Waals surface area contributed by atoms with Gasteiger partial charge in [-0.15, -0.1) is 11.8 Å². The summed E-state index contributed by atoms with van der Waals surface area (Å²) in [5.41, 5.74) is 1.21. The molecule has 1 saturated carbocycles. The molecule has 0 bridgehead atoms. The number of aliphatic hydroxyl groups is 2. The van der Waals surface area contributed by atoms with Gasteiger partial charge in [0.1, 0.15) is 12.1 Å². The molecule has 0 radical (unpaired) electrons. The summed E-state index contributed by atoms with van der Waals surface area (Å²) in [6, 6.07) is 11.7. The Bertz CT molecular complexity index is 1630. The molecule has 7 N–H and O–H groups in total. The van der Waals surface area contributed by atoms with Crippen LogP contribution >= 0.6 is 23.5 Å². The normalized spacial score (nSPS) is 22.5. The first-order valence-electron chi connectivity index (χ1n) is 21.5. The fraction of sp³-hybridized carbons (Fsp3) is 0.659. The molecule has 2 unspecified atom stereocenters. The Morgan fingerprint density at radius 2 is 1.69 bits per heavy atom. The second-order valence-corrected chi connectivity index (χ2v) is 19.2. The highest BCUT2D eigenvalue weighted by Crippen LogP contribution is 2.34. The number of amides is 5. The lowest BCUT2D eigenvalue weighted by Crippen LogP contribution is -2.57. The van der Waals surface area contributed by atoms with Crippen LogP contribution in [0.5, 0.6) is 0 Å². The quantitative estimate of drug-likeness (QED) is 0.0438. The Morgan fingerprint density at radius 3 is 2.41 bits per heavy atom.